The topological polar surface area (TPSA) is 197 Å². The number of hydrogen-bond donors (Lipinski definition) is 5. The Balaban J connectivity index is 0.000000248. The number of H-pyrrole nitrogens is 2. The lowest BCUT2D eigenvalue weighted by atomic mass is 10.0. The van der Waals surface area contributed by atoms with Gasteiger partial charge < -0.3 is 40.3 Å². The summed E-state index contributed by atoms with van der Waals surface area (Å²) < 4.78 is 10.3. The molecule has 0 amide bonds. The third-order valence-corrected chi connectivity index (χ3v) is 8.29. The van der Waals surface area contributed by atoms with Gasteiger partial charge in [0.2, 0.25) is 0 Å². The average molecular weight is 719 g/mol. The maximum Gasteiger partial charge on any atom is 0.341 e. The molecule has 2 saturated heterocycles. The number of hydrogen-bond acceptors (Lipinski definition) is 12. The number of rotatable bonds is 10. The molecule has 51 heavy (non-hydrogen) atoms. The molecule has 2 aliphatic rings. The summed E-state index contributed by atoms with van der Waals surface area (Å²) in [6.45, 7) is 12.0. The predicted octanol–water partition coefficient (Wildman–Crippen LogP) is 5.55. The number of nitrogens with zero attached hydrogens (tertiary/aromatic N) is 5. The highest BCUT2D eigenvalue weighted by Crippen LogP contribution is 2.29. The van der Waals surface area contributed by atoms with Crippen molar-refractivity contribution in [1.82, 2.24) is 30.2 Å². The Labute approximate surface area is 304 Å². The van der Waals surface area contributed by atoms with Crippen LogP contribution in [0.2, 0.25) is 0 Å². The summed E-state index contributed by atoms with van der Waals surface area (Å²) in [5.74, 6) is -0.697. The fourth-order valence-corrected chi connectivity index (χ4v) is 6.02. The molecular formula is C36H47ClN10O4. The van der Waals surface area contributed by atoms with E-state index < -0.39 is 0 Å². The van der Waals surface area contributed by atoms with Crippen molar-refractivity contribution in [3.05, 3.63) is 60.7 Å². The quantitative estimate of drug-likeness (QED) is 0.101. The lowest BCUT2D eigenvalue weighted by Gasteiger charge is -2.33. The van der Waals surface area contributed by atoms with Gasteiger partial charge in [-0.2, -0.15) is 10.5 Å². The van der Waals surface area contributed by atoms with E-state index in [1.165, 1.54) is 6.08 Å². The molecule has 0 saturated carbocycles. The monoisotopic (exact) mass is 718 g/mol. The lowest BCUT2D eigenvalue weighted by Crippen LogP contribution is -2.42. The van der Waals surface area contributed by atoms with E-state index in [0.29, 0.717) is 36.8 Å². The van der Waals surface area contributed by atoms with Crippen LogP contribution in [0.15, 0.2) is 49.6 Å². The summed E-state index contributed by atoms with van der Waals surface area (Å²) in [5, 5.41) is 28.5. The van der Waals surface area contributed by atoms with Gasteiger partial charge in [0.25, 0.3) is 0 Å². The number of nitriles is 2. The molecule has 6 rings (SSSR count). The molecule has 0 unspecified atom stereocenters. The number of esters is 2. The molecule has 0 aliphatic carbocycles. The summed E-state index contributed by atoms with van der Waals surface area (Å²) in [6.07, 6.45) is 12.8. The zero-order chi connectivity index (χ0) is 35.7. The van der Waals surface area contributed by atoms with Crippen LogP contribution in [0.1, 0.15) is 66.7 Å². The van der Waals surface area contributed by atoms with Crippen molar-refractivity contribution in [2.24, 2.45) is 0 Å². The first-order chi connectivity index (χ1) is 24.4. The molecule has 0 aromatic carbocycles. The van der Waals surface area contributed by atoms with Crippen LogP contribution in [0.4, 0.5) is 11.4 Å². The van der Waals surface area contributed by atoms with E-state index in [1.54, 1.807) is 32.3 Å². The van der Waals surface area contributed by atoms with E-state index in [2.05, 4.69) is 53.4 Å². The third kappa shape index (κ3) is 11.2. The van der Waals surface area contributed by atoms with Crippen LogP contribution in [0, 0.1) is 22.7 Å². The molecule has 4 aromatic rings. The molecule has 5 N–H and O–H groups in total. The number of carbonyl (C=O) groups excluding carboxylic acids is 2. The number of piperidine rings is 2. The molecule has 4 aromatic heterocycles. The number of carbonyl (C=O) groups is 2. The summed E-state index contributed by atoms with van der Waals surface area (Å²) in [4.78, 5) is 41.5. The van der Waals surface area contributed by atoms with E-state index >= 15 is 0 Å². The van der Waals surface area contributed by atoms with Crippen LogP contribution < -0.4 is 16.0 Å². The van der Waals surface area contributed by atoms with Gasteiger partial charge in [0.05, 0.1) is 36.7 Å². The number of fused-ring (bicyclic) bond motifs is 2. The highest BCUT2D eigenvalue weighted by Gasteiger charge is 2.24. The van der Waals surface area contributed by atoms with Crippen molar-refractivity contribution in [3.63, 3.8) is 0 Å². The van der Waals surface area contributed by atoms with E-state index in [1.807, 2.05) is 24.5 Å². The largest absolute Gasteiger partial charge is 0.462 e. The van der Waals surface area contributed by atoms with Crippen LogP contribution in [0.25, 0.3) is 22.1 Å². The van der Waals surface area contributed by atoms with E-state index in [-0.39, 0.29) is 30.4 Å². The predicted molar refractivity (Wildman–Crippen MR) is 200 cm³/mol. The minimum Gasteiger partial charge on any atom is -0.462 e. The van der Waals surface area contributed by atoms with Gasteiger partial charge in [-0.3, -0.25) is 0 Å². The Kier molecular flexibility index (Phi) is 16.7. The Morgan fingerprint density at radius 3 is 2.00 bits per heavy atom. The molecule has 0 radical (unpaired) electrons. The van der Waals surface area contributed by atoms with Crippen molar-refractivity contribution in [3.8, 4) is 12.1 Å². The van der Waals surface area contributed by atoms with E-state index in [9.17, 15) is 9.59 Å². The Morgan fingerprint density at radius 1 is 0.961 bits per heavy atom. The van der Waals surface area contributed by atoms with Gasteiger partial charge in [0, 0.05) is 79.8 Å². The molecular weight excluding hydrogens is 672 g/mol. The normalized spacial score (nSPS) is 16.8. The van der Waals surface area contributed by atoms with Gasteiger partial charge >= 0.3 is 11.9 Å². The zero-order valence-electron chi connectivity index (χ0n) is 29.2. The smallest absolute Gasteiger partial charge is 0.341 e. The number of anilines is 2. The van der Waals surface area contributed by atoms with Gasteiger partial charge in [-0.1, -0.05) is 6.58 Å². The Bertz CT molecular complexity index is 1800. The highest BCUT2D eigenvalue weighted by atomic mass is 35.5. The Morgan fingerprint density at radius 2 is 1.51 bits per heavy atom. The number of ether oxygens (including phenoxy) is 2. The van der Waals surface area contributed by atoms with Gasteiger partial charge in [-0.25, -0.2) is 19.6 Å². The van der Waals surface area contributed by atoms with Crippen molar-refractivity contribution in [2.75, 3.05) is 56.6 Å². The van der Waals surface area contributed by atoms with E-state index in [4.69, 9.17) is 20.0 Å². The SMILES string of the molecule is C=CC#N.CCOC(=O)c1cnc2[nH]ccc2c1N[C@@H]1CCCN(CCC#N)C1.CCOC(=O)c1cnc2[nH]ccc2c1N[C@@H]1CCCNC1.Cl. The molecule has 0 bridgehead atoms. The molecule has 272 valence electrons. The maximum atomic E-state index is 12.3. The first-order valence-electron chi connectivity index (χ1n) is 17.0. The molecule has 6 heterocycles. The van der Waals surface area contributed by atoms with Crippen molar-refractivity contribution >= 4 is 57.8 Å². The zero-order valence-corrected chi connectivity index (χ0v) is 30.0. The molecule has 2 aliphatic heterocycles. The summed E-state index contributed by atoms with van der Waals surface area (Å²) in [7, 11) is 0. The highest BCUT2D eigenvalue weighted by molar-refractivity contribution is 6.05. The number of pyridine rings is 2. The molecule has 0 spiro atoms. The molecule has 14 nitrogen and oxygen atoms in total. The van der Waals surface area contributed by atoms with Gasteiger partial charge in [-0.05, 0) is 64.8 Å². The van der Waals surface area contributed by atoms with Gasteiger partial charge in [0.1, 0.15) is 22.4 Å². The first kappa shape index (κ1) is 40.3. The van der Waals surface area contributed by atoms with Crippen LogP contribution in [0.5, 0.6) is 0 Å². The second-order valence-electron chi connectivity index (χ2n) is 11.7. The number of halogens is 1. The second-order valence-corrected chi connectivity index (χ2v) is 11.7. The van der Waals surface area contributed by atoms with Gasteiger partial charge in [-0.15, -0.1) is 12.4 Å². The number of aromatic nitrogens is 4. The van der Waals surface area contributed by atoms with Crippen LogP contribution in [0.3, 0.4) is 0 Å². The molecule has 2 atom stereocenters. The number of aromatic amines is 2. The van der Waals surface area contributed by atoms with Crippen molar-refractivity contribution in [2.45, 2.75) is 58.0 Å². The molecule has 15 heteroatoms. The standard InChI is InChI=1S/C18H23N5O2.C15H20N4O2.C3H3N.ClH/c1-2-25-18(24)15-11-21-17-14(6-8-20-17)16(15)22-13-5-3-9-23(12-13)10-4-7-19;1-2-21-15(20)12-9-18-14-11(5-7-17-14)13(12)19-10-4-3-6-16-8-10;1-2-3-4;/h6,8,11,13H,2-5,9-10,12H2,1H3,(H2,20,21,22);5,7,9-10,16H,2-4,6,8H2,1H3,(H2,17,18,19);2H,1H2;1H/t13-;10-;;/m11../s1. The summed E-state index contributed by atoms with van der Waals surface area (Å²) in [6, 6.07) is 8.29. The van der Waals surface area contributed by atoms with Crippen LogP contribution >= 0.6 is 12.4 Å². The van der Waals surface area contributed by atoms with E-state index in [0.717, 1.165) is 91.8 Å². The minimum atomic E-state index is -0.363. The fourth-order valence-electron chi connectivity index (χ4n) is 6.02. The summed E-state index contributed by atoms with van der Waals surface area (Å²) >= 11 is 0. The van der Waals surface area contributed by atoms with Crippen molar-refractivity contribution < 1.29 is 19.1 Å². The van der Waals surface area contributed by atoms with Crippen molar-refractivity contribution in [1.29, 1.82) is 10.5 Å². The molecule has 2 fully saturated rings. The summed E-state index contributed by atoms with van der Waals surface area (Å²) in [5.41, 5.74) is 4.06. The average Bonchev–Trinajstić information content (AvgIpc) is 3.83. The fraction of sp³-hybridized carbons (Fsp3) is 0.444. The third-order valence-electron chi connectivity index (χ3n) is 8.29. The Hall–Kier alpha value is -5.15. The second kappa shape index (κ2) is 21.2. The maximum absolute atomic E-state index is 12.3. The van der Waals surface area contributed by atoms with Crippen LogP contribution in [-0.2, 0) is 9.47 Å². The number of likely N-dealkylation sites (tertiary alicyclic amines) is 1. The van der Waals surface area contributed by atoms with Crippen LogP contribution in [-0.4, -0.2) is 94.8 Å². The first-order valence-corrected chi connectivity index (χ1v) is 17.0. The number of nitrogens with one attached hydrogen (secondary N) is 5. The number of allylic oxidation sites excluding steroid dienone is 1. The minimum absolute atomic E-state index is 0. The van der Waals surface area contributed by atoms with Gasteiger partial charge in [0.15, 0.2) is 0 Å². The lowest BCUT2D eigenvalue weighted by molar-refractivity contribution is 0.0517.